The Kier molecular flexibility index (Phi) is 9.35. The molecule has 0 radical (unpaired) electrons. The van der Waals surface area contributed by atoms with Gasteiger partial charge >= 0.3 is 0 Å². The van der Waals surface area contributed by atoms with Crippen LogP contribution in [-0.4, -0.2) is 0 Å². The molecule has 0 aromatic heterocycles. The van der Waals surface area contributed by atoms with Gasteiger partial charge in [0.15, 0.2) is 0 Å². The highest BCUT2D eigenvalue weighted by molar-refractivity contribution is 5.75. The zero-order valence-corrected chi connectivity index (χ0v) is 26.9. The van der Waals surface area contributed by atoms with Gasteiger partial charge < -0.3 is 0 Å². The van der Waals surface area contributed by atoms with Crippen molar-refractivity contribution in [3.8, 4) is 0 Å². The Labute approximate surface area is 241 Å². The van der Waals surface area contributed by atoms with E-state index in [0.717, 1.165) is 0 Å². The van der Waals surface area contributed by atoms with Crippen molar-refractivity contribution in [1.82, 2.24) is 0 Å². The zero-order chi connectivity index (χ0) is 28.5. The third kappa shape index (κ3) is 5.35. The summed E-state index contributed by atoms with van der Waals surface area (Å²) in [4.78, 5) is 0. The molecule has 2 unspecified atom stereocenters. The van der Waals surface area contributed by atoms with Gasteiger partial charge in [-0.05, 0) is 87.4 Å². The first kappa shape index (κ1) is 29.9. The maximum atomic E-state index is 2.64. The predicted molar refractivity (Wildman–Crippen MR) is 174 cm³/mol. The largest absolute Gasteiger partial charge is 0.0651 e. The van der Waals surface area contributed by atoms with Crippen LogP contribution in [-0.2, 0) is 25.7 Å². The minimum Gasteiger partial charge on any atom is -0.0651 e. The maximum Gasteiger partial charge on any atom is 0.0123 e. The van der Waals surface area contributed by atoms with Crippen molar-refractivity contribution in [2.75, 3.05) is 0 Å². The van der Waals surface area contributed by atoms with Gasteiger partial charge in [0.2, 0.25) is 0 Å². The van der Waals surface area contributed by atoms with E-state index in [9.17, 15) is 0 Å². The first-order chi connectivity index (χ1) is 18.6. The van der Waals surface area contributed by atoms with Gasteiger partial charge in [-0.1, -0.05) is 142 Å². The van der Waals surface area contributed by atoms with Crippen molar-refractivity contribution in [2.24, 2.45) is 17.3 Å². The van der Waals surface area contributed by atoms with Gasteiger partial charge in [0.05, 0.1) is 0 Å². The third-order valence-electron chi connectivity index (χ3n) is 9.70. The fourth-order valence-corrected chi connectivity index (χ4v) is 8.03. The van der Waals surface area contributed by atoms with E-state index >= 15 is 0 Å². The summed E-state index contributed by atoms with van der Waals surface area (Å²) in [6, 6.07) is 9.91. The Bertz CT molecular complexity index is 1130. The monoisotopic (exact) mass is 524 g/mol. The van der Waals surface area contributed by atoms with Crippen LogP contribution in [0, 0.1) is 17.3 Å². The molecule has 4 rings (SSSR count). The number of rotatable bonds is 12. The van der Waals surface area contributed by atoms with E-state index in [0.29, 0.717) is 23.7 Å². The lowest BCUT2D eigenvalue weighted by Gasteiger charge is -2.44. The van der Waals surface area contributed by atoms with E-state index in [-0.39, 0.29) is 5.41 Å². The zero-order valence-electron chi connectivity index (χ0n) is 26.9. The van der Waals surface area contributed by atoms with E-state index < -0.39 is 0 Å². The molecule has 0 saturated heterocycles. The van der Waals surface area contributed by atoms with Gasteiger partial charge in [0, 0.05) is 11.8 Å². The Morgan fingerprint density at radius 2 is 0.846 bits per heavy atom. The number of fused-ring (bicyclic) bond motifs is 2. The molecule has 0 heterocycles. The van der Waals surface area contributed by atoms with Crippen LogP contribution in [0.15, 0.2) is 35.4 Å². The summed E-state index contributed by atoms with van der Waals surface area (Å²) in [5, 5.41) is 0. The highest BCUT2D eigenvalue weighted by Crippen LogP contribution is 2.62. The minimum atomic E-state index is 0.0728. The normalized spacial score (nSPS) is 18.6. The maximum absolute atomic E-state index is 2.64. The molecule has 0 fully saturated rings. The van der Waals surface area contributed by atoms with Crippen molar-refractivity contribution >= 4 is 12.2 Å². The molecule has 0 nitrogen and oxygen atoms in total. The average Bonchev–Trinajstić information content (AvgIpc) is 3.50. The fourth-order valence-electron chi connectivity index (χ4n) is 8.03. The summed E-state index contributed by atoms with van der Waals surface area (Å²) < 4.78 is 0. The topological polar surface area (TPSA) is 0 Å². The van der Waals surface area contributed by atoms with E-state index in [1.807, 2.05) is 0 Å². The van der Waals surface area contributed by atoms with Gasteiger partial charge in [0.1, 0.15) is 0 Å². The first-order valence-corrected chi connectivity index (χ1v) is 16.3. The summed E-state index contributed by atoms with van der Waals surface area (Å²) in [5.74, 6) is 1.99. The molecular formula is C39H56. The number of allylic oxidation sites excluding steroid dienone is 2. The fraction of sp³-hybridized carbons (Fsp3) is 0.590. The molecule has 39 heavy (non-hydrogen) atoms. The number of benzene rings is 2. The number of hydrogen-bond acceptors (Lipinski definition) is 0. The molecule has 0 heteroatoms. The molecule has 0 aliphatic heterocycles. The second kappa shape index (κ2) is 12.2. The van der Waals surface area contributed by atoms with Gasteiger partial charge in [-0.2, -0.15) is 0 Å². The lowest BCUT2D eigenvalue weighted by atomic mass is 9.59. The molecule has 2 atom stereocenters. The molecule has 0 N–H and O–H groups in total. The molecule has 2 aromatic carbocycles. The molecule has 0 saturated carbocycles. The third-order valence-corrected chi connectivity index (χ3v) is 9.70. The van der Waals surface area contributed by atoms with Gasteiger partial charge in [-0.25, -0.2) is 0 Å². The van der Waals surface area contributed by atoms with Crippen LogP contribution in [0.2, 0.25) is 0 Å². The van der Waals surface area contributed by atoms with E-state index in [1.54, 1.807) is 55.7 Å². The summed E-state index contributed by atoms with van der Waals surface area (Å²) in [6.45, 7) is 24.3. The smallest absolute Gasteiger partial charge is 0.0123 e. The standard InChI is InChI=1S/C39H56/c1-11-15-27-19-21-29(17-13-3)35-33(27)23-31(25(5)6)37(35)39(9,10)38-32(26(7)8)24-34-28(16-12-2)20-22-30(18-14-4)36(34)38/h19-26,37-38H,11-18H2,1-10H3. The van der Waals surface area contributed by atoms with Crippen LogP contribution in [0.25, 0.3) is 12.2 Å². The number of hydrogen-bond donors (Lipinski definition) is 0. The molecule has 0 amide bonds. The van der Waals surface area contributed by atoms with E-state index in [4.69, 9.17) is 0 Å². The van der Waals surface area contributed by atoms with Crippen molar-refractivity contribution in [3.05, 3.63) is 79.9 Å². The van der Waals surface area contributed by atoms with Crippen LogP contribution in [0.4, 0.5) is 0 Å². The van der Waals surface area contributed by atoms with Gasteiger partial charge in [0.25, 0.3) is 0 Å². The van der Waals surface area contributed by atoms with Crippen LogP contribution in [0.5, 0.6) is 0 Å². The Morgan fingerprint density at radius 3 is 1.15 bits per heavy atom. The molecule has 2 aliphatic rings. The van der Waals surface area contributed by atoms with Crippen molar-refractivity contribution in [3.63, 3.8) is 0 Å². The van der Waals surface area contributed by atoms with Crippen LogP contribution in [0.3, 0.4) is 0 Å². The lowest BCUT2D eigenvalue weighted by Crippen LogP contribution is -2.33. The van der Waals surface area contributed by atoms with E-state index in [1.165, 1.54) is 51.4 Å². The highest BCUT2D eigenvalue weighted by Gasteiger charge is 2.49. The second-order valence-electron chi connectivity index (χ2n) is 13.7. The van der Waals surface area contributed by atoms with Gasteiger partial charge in [-0.15, -0.1) is 0 Å². The minimum absolute atomic E-state index is 0.0728. The molecule has 2 aromatic rings. The van der Waals surface area contributed by atoms with Crippen LogP contribution in [0.1, 0.15) is 151 Å². The average molecular weight is 525 g/mol. The van der Waals surface area contributed by atoms with Gasteiger partial charge in [-0.3, -0.25) is 0 Å². The Hall–Kier alpha value is -2.08. The Balaban J connectivity index is 2.00. The summed E-state index contributed by atoms with van der Waals surface area (Å²) in [7, 11) is 0. The molecule has 2 aliphatic carbocycles. The van der Waals surface area contributed by atoms with E-state index in [2.05, 4.69) is 106 Å². The van der Waals surface area contributed by atoms with Crippen molar-refractivity contribution in [2.45, 2.75) is 132 Å². The second-order valence-corrected chi connectivity index (χ2v) is 13.7. The molecule has 0 bridgehead atoms. The number of aryl methyl sites for hydroxylation is 4. The molecule has 0 spiro atoms. The quantitative estimate of drug-likeness (QED) is 0.259. The molecular weight excluding hydrogens is 468 g/mol. The summed E-state index contributed by atoms with van der Waals surface area (Å²) in [6.07, 6.45) is 14.8. The highest BCUT2D eigenvalue weighted by atomic mass is 14.5. The van der Waals surface area contributed by atoms with Crippen LogP contribution < -0.4 is 0 Å². The summed E-state index contributed by atoms with van der Waals surface area (Å²) >= 11 is 0. The van der Waals surface area contributed by atoms with Crippen molar-refractivity contribution in [1.29, 1.82) is 0 Å². The molecule has 212 valence electrons. The Morgan fingerprint density at radius 1 is 0.538 bits per heavy atom. The summed E-state index contributed by atoms with van der Waals surface area (Å²) in [5.41, 5.74) is 16.2. The lowest BCUT2D eigenvalue weighted by molar-refractivity contribution is 0.256. The predicted octanol–water partition coefficient (Wildman–Crippen LogP) is 11.5. The first-order valence-electron chi connectivity index (χ1n) is 16.3. The SMILES string of the molecule is CCCc1ccc(CCC)c2c1C=C(C(C)C)C2C(C)(C)C1C(C(C)C)=Cc2c(CCC)ccc(CCC)c21. The van der Waals surface area contributed by atoms with Crippen LogP contribution >= 0.6 is 0 Å². The van der Waals surface area contributed by atoms with Crippen molar-refractivity contribution < 1.29 is 0 Å².